The number of hydrogen-bond acceptors (Lipinski definition) is 3. The van der Waals surface area contributed by atoms with Crippen molar-refractivity contribution in [2.45, 2.75) is 26.6 Å². The van der Waals surface area contributed by atoms with Gasteiger partial charge in [-0.05, 0) is 23.6 Å². The number of nitrogens with one attached hydrogen (secondary N) is 1. The second-order valence-corrected chi connectivity index (χ2v) is 4.74. The van der Waals surface area contributed by atoms with Gasteiger partial charge in [0.15, 0.2) is 0 Å². The molecule has 0 amide bonds. The summed E-state index contributed by atoms with van der Waals surface area (Å²) in [7, 11) is 1.68. The van der Waals surface area contributed by atoms with Crippen LogP contribution in [0.25, 0.3) is 0 Å². The van der Waals surface area contributed by atoms with Gasteiger partial charge in [0.2, 0.25) is 0 Å². The van der Waals surface area contributed by atoms with E-state index in [9.17, 15) is 5.11 Å². The molecule has 0 saturated heterocycles. The summed E-state index contributed by atoms with van der Waals surface area (Å²) in [5.41, 5.74) is 2.07. The summed E-state index contributed by atoms with van der Waals surface area (Å²) in [4.78, 5) is 0. The summed E-state index contributed by atoms with van der Waals surface area (Å²) in [6.07, 6.45) is -0.439. The molecule has 0 bridgehead atoms. The predicted molar refractivity (Wildman–Crippen MR) is 69.8 cm³/mol. The Balaban J connectivity index is 2.43. The molecule has 0 aliphatic carbocycles. The summed E-state index contributed by atoms with van der Waals surface area (Å²) in [6, 6.07) is 7.89. The molecule has 0 aliphatic rings. The Morgan fingerprint density at radius 2 is 1.82 bits per heavy atom. The molecule has 0 aliphatic heterocycles. The van der Waals surface area contributed by atoms with Crippen molar-refractivity contribution in [1.29, 1.82) is 0 Å². The van der Waals surface area contributed by atoms with Gasteiger partial charge in [-0.3, -0.25) is 0 Å². The minimum Gasteiger partial charge on any atom is -0.387 e. The van der Waals surface area contributed by atoms with Crippen LogP contribution in [0.3, 0.4) is 0 Å². The molecule has 0 heterocycles. The molecule has 17 heavy (non-hydrogen) atoms. The smallest absolute Gasteiger partial charge is 0.0914 e. The summed E-state index contributed by atoms with van der Waals surface area (Å²) in [5, 5.41) is 13.2. The number of methoxy groups -OCH3 is 1. The van der Waals surface area contributed by atoms with Crippen LogP contribution >= 0.6 is 0 Å². The van der Waals surface area contributed by atoms with Crippen LogP contribution in [0.1, 0.15) is 31.1 Å². The Bertz CT molecular complexity index is 309. The lowest BCUT2D eigenvalue weighted by molar-refractivity contribution is 0.172. The lowest BCUT2D eigenvalue weighted by Crippen LogP contribution is -2.25. The van der Waals surface area contributed by atoms with Crippen LogP contribution in [0.15, 0.2) is 24.3 Å². The minimum absolute atomic E-state index is 0.439. The lowest BCUT2D eigenvalue weighted by atomic mass is 10.1. The average Bonchev–Trinajstić information content (AvgIpc) is 2.30. The van der Waals surface area contributed by atoms with E-state index in [1.54, 1.807) is 7.11 Å². The van der Waals surface area contributed by atoms with Crippen molar-refractivity contribution >= 4 is 0 Å². The molecule has 1 rings (SSSR count). The number of rotatable bonds is 7. The van der Waals surface area contributed by atoms with Gasteiger partial charge < -0.3 is 15.2 Å². The van der Waals surface area contributed by atoms with Crippen molar-refractivity contribution < 1.29 is 9.84 Å². The van der Waals surface area contributed by atoms with Gasteiger partial charge >= 0.3 is 0 Å². The van der Waals surface area contributed by atoms with Gasteiger partial charge in [0.25, 0.3) is 0 Å². The van der Waals surface area contributed by atoms with E-state index >= 15 is 0 Å². The standard InChI is InChI=1S/C14H23NO2/c1-11(2)8-15-9-14(16)13-6-4-12(5-7-13)10-17-3/h4-7,11,14-16H,8-10H2,1-3H3. The van der Waals surface area contributed by atoms with Crippen LogP contribution in [-0.2, 0) is 11.3 Å². The molecule has 0 saturated carbocycles. The van der Waals surface area contributed by atoms with Gasteiger partial charge in [0.05, 0.1) is 12.7 Å². The average molecular weight is 237 g/mol. The Hall–Kier alpha value is -0.900. The lowest BCUT2D eigenvalue weighted by Gasteiger charge is -2.14. The van der Waals surface area contributed by atoms with E-state index in [1.807, 2.05) is 24.3 Å². The van der Waals surface area contributed by atoms with Crippen molar-refractivity contribution in [2.24, 2.45) is 5.92 Å². The number of hydrogen-bond donors (Lipinski definition) is 2. The van der Waals surface area contributed by atoms with Crippen LogP contribution in [0.5, 0.6) is 0 Å². The SMILES string of the molecule is COCc1ccc(C(O)CNCC(C)C)cc1. The van der Waals surface area contributed by atoms with Crippen LogP contribution in [0.4, 0.5) is 0 Å². The Morgan fingerprint density at radius 1 is 1.18 bits per heavy atom. The largest absolute Gasteiger partial charge is 0.387 e. The maximum atomic E-state index is 9.96. The zero-order valence-corrected chi connectivity index (χ0v) is 10.9. The molecular weight excluding hydrogens is 214 g/mol. The molecule has 1 unspecified atom stereocenters. The highest BCUT2D eigenvalue weighted by Gasteiger charge is 2.07. The quantitative estimate of drug-likeness (QED) is 0.763. The zero-order valence-electron chi connectivity index (χ0n) is 10.9. The van der Waals surface area contributed by atoms with Crippen molar-refractivity contribution in [2.75, 3.05) is 20.2 Å². The van der Waals surface area contributed by atoms with Gasteiger partial charge in [-0.25, -0.2) is 0 Å². The van der Waals surface area contributed by atoms with Crippen LogP contribution in [0, 0.1) is 5.92 Å². The number of benzene rings is 1. The van der Waals surface area contributed by atoms with Gasteiger partial charge in [0.1, 0.15) is 0 Å². The highest BCUT2D eigenvalue weighted by atomic mass is 16.5. The fourth-order valence-corrected chi connectivity index (χ4v) is 1.63. The molecule has 1 aromatic rings. The topological polar surface area (TPSA) is 41.5 Å². The molecule has 3 heteroatoms. The Morgan fingerprint density at radius 3 is 2.35 bits per heavy atom. The minimum atomic E-state index is -0.439. The molecule has 0 aromatic heterocycles. The molecular formula is C14H23NO2. The van der Waals surface area contributed by atoms with Crippen molar-refractivity contribution in [3.8, 4) is 0 Å². The van der Waals surface area contributed by atoms with Crippen molar-refractivity contribution in [3.63, 3.8) is 0 Å². The maximum absolute atomic E-state index is 9.96. The van der Waals surface area contributed by atoms with Gasteiger partial charge in [-0.15, -0.1) is 0 Å². The molecule has 1 aromatic carbocycles. The molecule has 96 valence electrons. The molecule has 0 fully saturated rings. The fraction of sp³-hybridized carbons (Fsp3) is 0.571. The second kappa shape index (κ2) is 7.43. The Kier molecular flexibility index (Phi) is 6.19. The monoisotopic (exact) mass is 237 g/mol. The number of aliphatic hydroxyl groups is 1. The van der Waals surface area contributed by atoms with Crippen LogP contribution in [-0.4, -0.2) is 25.3 Å². The molecule has 2 N–H and O–H groups in total. The molecule has 0 radical (unpaired) electrons. The van der Waals surface area contributed by atoms with E-state index in [-0.39, 0.29) is 0 Å². The number of ether oxygens (including phenoxy) is 1. The molecule has 1 atom stereocenters. The van der Waals surface area contributed by atoms with E-state index in [1.165, 1.54) is 0 Å². The summed E-state index contributed by atoms with van der Waals surface area (Å²) in [6.45, 7) is 6.44. The van der Waals surface area contributed by atoms with E-state index in [0.29, 0.717) is 19.1 Å². The van der Waals surface area contributed by atoms with Gasteiger partial charge in [-0.1, -0.05) is 38.1 Å². The highest BCUT2D eigenvalue weighted by molar-refractivity contribution is 5.23. The maximum Gasteiger partial charge on any atom is 0.0914 e. The van der Waals surface area contributed by atoms with Gasteiger partial charge in [0, 0.05) is 13.7 Å². The third-order valence-electron chi connectivity index (χ3n) is 2.57. The van der Waals surface area contributed by atoms with Crippen molar-refractivity contribution in [3.05, 3.63) is 35.4 Å². The summed E-state index contributed by atoms with van der Waals surface area (Å²) in [5.74, 6) is 0.603. The second-order valence-electron chi connectivity index (χ2n) is 4.74. The number of aliphatic hydroxyl groups excluding tert-OH is 1. The van der Waals surface area contributed by atoms with E-state index in [4.69, 9.17) is 4.74 Å². The van der Waals surface area contributed by atoms with Crippen LogP contribution < -0.4 is 5.32 Å². The first kappa shape index (κ1) is 14.2. The van der Waals surface area contributed by atoms with Crippen molar-refractivity contribution in [1.82, 2.24) is 5.32 Å². The highest BCUT2D eigenvalue weighted by Crippen LogP contribution is 2.13. The first-order valence-electron chi connectivity index (χ1n) is 6.10. The van der Waals surface area contributed by atoms with Gasteiger partial charge in [-0.2, -0.15) is 0 Å². The van der Waals surface area contributed by atoms with E-state index in [0.717, 1.165) is 17.7 Å². The normalized spacial score (nSPS) is 13.0. The molecule has 3 nitrogen and oxygen atoms in total. The summed E-state index contributed by atoms with van der Waals surface area (Å²) >= 11 is 0. The third-order valence-corrected chi connectivity index (χ3v) is 2.57. The predicted octanol–water partition coefficient (Wildman–Crippen LogP) is 2.11. The van der Waals surface area contributed by atoms with E-state index < -0.39 is 6.10 Å². The molecule has 0 spiro atoms. The summed E-state index contributed by atoms with van der Waals surface area (Å²) < 4.78 is 5.04. The first-order valence-corrected chi connectivity index (χ1v) is 6.10. The Labute approximate surface area is 104 Å². The zero-order chi connectivity index (χ0) is 12.7. The fourth-order valence-electron chi connectivity index (χ4n) is 1.63. The van der Waals surface area contributed by atoms with E-state index in [2.05, 4.69) is 19.2 Å². The van der Waals surface area contributed by atoms with Crippen LogP contribution in [0.2, 0.25) is 0 Å². The first-order chi connectivity index (χ1) is 8.13. The third kappa shape index (κ3) is 5.31.